The van der Waals surface area contributed by atoms with Gasteiger partial charge in [-0.3, -0.25) is 28.7 Å². The topological polar surface area (TPSA) is 143 Å². The third-order valence-electron chi connectivity index (χ3n) is 6.78. The molecule has 12 nitrogen and oxygen atoms in total. The molecule has 0 bridgehead atoms. The van der Waals surface area contributed by atoms with E-state index in [2.05, 4.69) is 9.97 Å². The third-order valence-corrected chi connectivity index (χ3v) is 6.78. The van der Waals surface area contributed by atoms with Crippen molar-refractivity contribution in [3.63, 3.8) is 0 Å². The Balaban J connectivity index is 1.68. The van der Waals surface area contributed by atoms with Crippen molar-refractivity contribution in [2.45, 2.75) is 58.8 Å². The minimum atomic E-state index is -0.627. The molecule has 0 amide bonds. The van der Waals surface area contributed by atoms with Gasteiger partial charge in [0.2, 0.25) is 5.95 Å². The largest absolute Gasteiger partial charge is 0.464 e. The highest BCUT2D eigenvalue weighted by Crippen LogP contribution is 2.23. The summed E-state index contributed by atoms with van der Waals surface area (Å²) >= 11 is 0. The Hall–Kier alpha value is -4.06. The van der Waals surface area contributed by atoms with Crippen molar-refractivity contribution in [3.8, 4) is 0 Å². The average Bonchev–Trinajstić information content (AvgIpc) is 3.32. The van der Waals surface area contributed by atoms with Gasteiger partial charge in [0.1, 0.15) is 6.54 Å². The first-order valence-electron chi connectivity index (χ1n) is 13.0. The lowest BCUT2D eigenvalue weighted by atomic mass is 10.1. The number of ether oxygens (including phenoxy) is 1. The van der Waals surface area contributed by atoms with Gasteiger partial charge >= 0.3 is 11.7 Å². The number of nitrogens with two attached hydrogens (primary N) is 1. The maximum atomic E-state index is 13.9. The van der Waals surface area contributed by atoms with E-state index in [-0.39, 0.29) is 36.9 Å². The van der Waals surface area contributed by atoms with E-state index in [1.54, 1.807) is 24.5 Å². The first-order chi connectivity index (χ1) is 18.4. The number of anilines is 1. The maximum absolute atomic E-state index is 13.9. The fraction of sp³-hybridized carbons (Fsp3) is 0.462. The van der Waals surface area contributed by atoms with Gasteiger partial charge in [0.15, 0.2) is 11.2 Å². The predicted molar refractivity (Wildman–Crippen MR) is 143 cm³/mol. The van der Waals surface area contributed by atoms with Crippen molar-refractivity contribution in [2.24, 2.45) is 5.73 Å². The molecule has 1 unspecified atom stereocenters. The number of aromatic nitrogens is 6. The number of hydrogen-bond acceptors (Lipinski definition) is 9. The minimum absolute atomic E-state index is 0.00292. The Morgan fingerprint density at radius 1 is 1.11 bits per heavy atom. The molecule has 1 aliphatic heterocycles. The van der Waals surface area contributed by atoms with Gasteiger partial charge in [-0.05, 0) is 43.9 Å². The van der Waals surface area contributed by atoms with Crippen LogP contribution >= 0.6 is 0 Å². The normalized spacial score (nSPS) is 15.9. The highest BCUT2D eigenvalue weighted by Gasteiger charge is 2.27. The van der Waals surface area contributed by atoms with Crippen LogP contribution in [0.3, 0.4) is 0 Å². The molecule has 0 aliphatic carbocycles. The smallest absolute Gasteiger partial charge is 0.333 e. The van der Waals surface area contributed by atoms with E-state index in [4.69, 9.17) is 15.5 Å². The van der Waals surface area contributed by atoms with Crippen molar-refractivity contribution in [3.05, 3.63) is 57.0 Å². The number of esters is 1. The zero-order chi connectivity index (χ0) is 26.8. The first kappa shape index (κ1) is 25.6. The van der Waals surface area contributed by atoms with Crippen LogP contribution in [0.4, 0.5) is 5.95 Å². The minimum Gasteiger partial charge on any atom is -0.464 e. The van der Waals surface area contributed by atoms with Gasteiger partial charge in [0.05, 0.1) is 24.2 Å². The summed E-state index contributed by atoms with van der Waals surface area (Å²) < 4.78 is 9.47. The number of piperidine rings is 1. The Morgan fingerprint density at radius 2 is 1.89 bits per heavy atom. The molecule has 3 aromatic heterocycles. The molecule has 1 saturated heterocycles. The average molecular weight is 521 g/mol. The number of imidazole rings is 1. The fourth-order valence-corrected chi connectivity index (χ4v) is 4.97. The van der Waals surface area contributed by atoms with Crippen molar-refractivity contribution in [2.75, 3.05) is 24.6 Å². The van der Waals surface area contributed by atoms with E-state index in [9.17, 15) is 14.4 Å². The van der Waals surface area contributed by atoms with Gasteiger partial charge in [-0.1, -0.05) is 13.0 Å². The lowest BCUT2D eigenvalue weighted by molar-refractivity contribution is -0.144. The molecule has 0 radical (unpaired) electrons. The number of nitrogens with zero attached hydrogens (tertiary/aromatic N) is 7. The molecule has 38 heavy (non-hydrogen) atoms. The van der Waals surface area contributed by atoms with Crippen molar-refractivity contribution >= 4 is 34.1 Å². The highest BCUT2D eigenvalue weighted by atomic mass is 16.5. The lowest BCUT2D eigenvalue weighted by Crippen LogP contribution is -2.44. The zero-order valence-corrected chi connectivity index (χ0v) is 21.7. The molecule has 1 atom stereocenters. The molecule has 4 heterocycles. The van der Waals surface area contributed by atoms with E-state index in [0.29, 0.717) is 42.1 Å². The van der Waals surface area contributed by atoms with Gasteiger partial charge in [0, 0.05) is 38.1 Å². The summed E-state index contributed by atoms with van der Waals surface area (Å²) in [7, 11) is 0. The van der Waals surface area contributed by atoms with Gasteiger partial charge in [0.25, 0.3) is 5.56 Å². The van der Waals surface area contributed by atoms with E-state index in [1.165, 1.54) is 4.57 Å². The lowest BCUT2D eigenvalue weighted by Gasteiger charge is -2.31. The van der Waals surface area contributed by atoms with Crippen LogP contribution in [0.15, 0.2) is 40.2 Å². The maximum Gasteiger partial charge on any atom is 0.333 e. The second kappa shape index (κ2) is 10.7. The highest BCUT2D eigenvalue weighted by molar-refractivity contribution is 5.78. The standard InChI is InChI=1S/C26H32N8O4/c1-3-12-38-21(35)16-33-23-22(32(4-2)25(30-23)31-11-5-6-18(27)15-31)24(36)34(26(33)37)14-17-7-8-19-20(13-17)29-10-9-28-19/h7-10,13,18H,3-6,11-12,14-16,27H2,1-2H3. The monoisotopic (exact) mass is 520 g/mol. The van der Waals surface area contributed by atoms with Crippen LogP contribution < -0.4 is 21.9 Å². The molecule has 12 heteroatoms. The number of benzene rings is 1. The number of aryl methyl sites for hydroxylation is 1. The summed E-state index contributed by atoms with van der Waals surface area (Å²) in [5, 5.41) is 0. The SMILES string of the molecule is CCCOC(=O)Cn1c(=O)n(Cc2ccc3nccnc3c2)c(=O)c2c1nc(N1CCCC(N)C1)n2CC. The molecular formula is C26H32N8O4. The molecule has 1 fully saturated rings. The molecule has 1 aliphatic rings. The van der Waals surface area contributed by atoms with Gasteiger partial charge < -0.3 is 19.9 Å². The van der Waals surface area contributed by atoms with E-state index >= 15 is 0 Å². The molecule has 200 valence electrons. The van der Waals surface area contributed by atoms with Crippen LogP contribution in [-0.2, 0) is 29.2 Å². The molecule has 0 spiro atoms. The second-order valence-electron chi connectivity index (χ2n) is 9.54. The summed E-state index contributed by atoms with van der Waals surface area (Å²) in [4.78, 5) is 55.6. The molecule has 0 saturated carbocycles. The molecular weight excluding hydrogens is 488 g/mol. The third kappa shape index (κ3) is 4.78. The van der Waals surface area contributed by atoms with E-state index < -0.39 is 17.2 Å². The summed E-state index contributed by atoms with van der Waals surface area (Å²) in [5.41, 5.74) is 7.65. The van der Waals surface area contributed by atoms with Crippen LogP contribution in [0.25, 0.3) is 22.2 Å². The van der Waals surface area contributed by atoms with Gasteiger partial charge in [-0.2, -0.15) is 4.98 Å². The van der Waals surface area contributed by atoms with Gasteiger partial charge in [-0.15, -0.1) is 0 Å². The summed E-state index contributed by atoms with van der Waals surface area (Å²) in [5.74, 6) is 0.0116. The summed E-state index contributed by atoms with van der Waals surface area (Å²) in [6, 6.07) is 5.41. The van der Waals surface area contributed by atoms with Crippen LogP contribution in [0.1, 0.15) is 38.7 Å². The molecule has 2 N–H and O–H groups in total. The first-order valence-corrected chi connectivity index (χ1v) is 13.0. The Morgan fingerprint density at radius 3 is 2.63 bits per heavy atom. The number of carbonyl (C=O) groups is 1. The van der Waals surface area contributed by atoms with Crippen LogP contribution in [0.5, 0.6) is 0 Å². The van der Waals surface area contributed by atoms with Crippen molar-refractivity contribution in [1.29, 1.82) is 0 Å². The van der Waals surface area contributed by atoms with Crippen molar-refractivity contribution in [1.82, 2.24) is 28.7 Å². The van der Waals surface area contributed by atoms with Crippen LogP contribution in [0.2, 0.25) is 0 Å². The Kier molecular flexibility index (Phi) is 7.23. The quantitative estimate of drug-likeness (QED) is 0.340. The summed E-state index contributed by atoms with van der Waals surface area (Å²) in [6.07, 6.45) is 5.67. The number of fused-ring (bicyclic) bond motifs is 2. The second-order valence-corrected chi connectivity index (χ2v) is 9.54. The number of carbonyl (C=O) groups excluding carboxylic acids is 1. The number of hydrogen-bond donors (Lipinski definition) is 1. The molecule has 5 rings (SSSR count). The van der Waals surface area contributed by atoms with Crippen molar-refractivity contribution < 1.29 is 9.53 Å². The molecule has 4 aromatic rings. The van der Waals surface area contributed by atoms with E-state index in [0.717, 1.165) is 24.0 Å². The summed E-state index contributed by atoms with van der Waals surface area (Å²) in [6.45, 7) is 5.51. The van der Waals surface area contributed by atoms with Crippen LogP contribution in [-0.4, -0.2) is 60.4 Å². The molecule has 1 aromatic carbocycles. The predicted octanol–water partition coefficient (Wildman–Crippen LogP) is 1.25. The zero-order valence-electron chi connectivity index (χ0n) is 21.7. The number of rotatable bonds is 8. The van der Waals surface area contributed by atoms with Gasteiger partial charge in [-0.25, -0.2) is 4.79 Å². The Labute approximate surface area is 218 Å². The fourth-order valence-electron chi connectivity index (χ4n) is 4.97. The van der Waals surface area contributed by atoms with Crippen LogP contribution in [0, 0.1) is 0 Å². The Bertz CT molecular complexity index is 1600. The van der Waals surface area contributed by atoms with E-state index in [1.807, 2.05) is 29.4 Å².